The molecule has 0 aromatic heterocycles. The maximum Gasteiger partial charge on any atom is 0.156 e. The van der Waals surface area contributed by atoms with Gasteiger partial charge in [-0.25, -0.2) is 0 Å². The fraction of sp³-hybridized carbons (Fsp3) is 0.619. The lowest BCUT2D eigenvalue weighted by molar-refractivity contribution is -0.130. The van der Waals surface area contributed by atoms with Crippen LogP contribution in [-0.4, -0.2) is 11.6 Å². The van der Waals surface area contributed by atoms with Gasteiger partial charge >= 0.3 is 0 Å². The number of carbonyl (C=O) groups excluding carboxylic acids is 2. The minimum Gasteiger partial charge on any atom is -0.299 e. The Hall–Kier alpha value is -1.33. The molecule has 0 saturated heterocycles. The summed E-state index contributed by atoms with van der Waals surface area (Å²) in [5.74, 6) is 5.12. The number of ketones is 2. The van der Waals surface area contributed by atoms with E-state index in [9.17, 15) is 9.59 Å². The molecule has 24 heavy (non-hydrogen) atoms. The van der Waals surface area contributed by atoms with Gasteiger partial charge in [-0.3, -0.25) is 9.59 Å². The normalized spacial score (nSPS) is 43.2. The van der Waals surface area contributed by atoms with Crippen molar-refractivity contribution in [1.29, 1.82) is 0 Å². The molecule has 2 nitrogen and oxygen atoms in total. The standard InChI is InChI=1S/C21H23ClO2/c1-20-10-8-18-16(17(20)5-6-19(20)24)4-3-14-13-15(23)7-11-21(14,18)9-2-12-22/h3-4,13,16-18H,5-11H2,1H3/t16-,17-,18-,20-,21-/m0/s1. The monoisotopic (exact) mass is 342 g/mol. The third-order valence-corrected chi connectivity index (χ3v) is 7.56. The summed E-state index contributed by atoms with van der Waals surface area (Å²) in [6.45, 7) is 2.18. The first kappa shape index (κ1) is 16.2. The molecular weight excluding hydrogens is 320 g/mol. The zero-order valence-corrected chi connectivity index (χ0v) is 14.9. The third-order valence-electron chi connectivity index (χ3n) is 7.43. The maximum atomic E-state index is 12.5. The zero-order valence-electron chi connectivity index (χ0n) is 14.1. The molecule has 4 aliphatic carbocycles. The van der Waals surface area contributed by atoms with Crippen LogP contribution in [0.25, 0.3) is 0 Å². The van der Waals surface area contributed by atoms with Crippen molar-refractivity contribution >= 4 is 23.2 Å². The van der Waals surface area contributed by atoms with Gasteiger partial charge in [0.05, 0.1) is 0 Å². The van der Waals surface area contributed by atoms with Crippen molar-refractivity contribution in [3.05, 3.63) is 23.8 Å². The number of allylic oxidation sites excluding steroid dienone is 4. The zero-order chi connectivity index (χ0) is 16.9. The van der Waals surface area contributed by atoms with E-state index in [2.05, 4.69) is 30.4 Å². The molecule has 0 aromatic rings. The number of Topliss-reactive ketones (excluding diaryl/α,β-unsaturated/α-hetero) is 1. The molecule has 2 fully saturated rings. The molecule has 4 rings (SSSR count). The molecule has 3 heteroatoms. The molecule has 126 valence electrons. The predicted octanol–water partition coefficient (Wildman–Crippen LogP) is 4.43. The summed E-state index contributed by atoms with van der Waals surface area (Å²) >= 11 is 5.67. The van der Waals surface area contributed by atoms with Gasteiger partial charge in [0, 0.05) is 35.5 Å². The summed E-state index contributed by atoms with van der Waals surface area (Å²) in [4.78, 5) is 24.4. The molecule has 0 spiro atoms. The summed E-state index contributed by atoms with van der Waals surface area (Å²) in [7, 11) is 0. The quantitative estimate of drug-likeness (QED) is 0.660. The van der Waals surface area contributed by atoms with E-state index in [1.807, 2.05) is 6.08 Å². The Morgan fingerprint density at radius 1 is 1.21 bits per heavy atom. The Morgan fingerprint density at radius 2 is 2.04 bits per heavy atom. The summed E-state index contributed by atoms with van der Waals surface area (Å²) in [6, 6.07) is 0. The second-order valence-corrected chi connectivity index (χ2v) is 8.43. The highest BCUT2D eigenvalue weighted by Gasteiger charge is 2.58. The summed E-state index contributed by atoms with van der Waals surface area (Å²) in [5, 5.41) is 2.54. The Balaban J connectivity index is 1.79. The van der Waals surface area contributed by atoms with Crippen LogP contribution in [0.15, 0.2) is 23.8 Å². The molecule has 0 bridgehead atoms. The van der Waals surface area contributed by atoms with Gasteiger partial charge in [0.2, 0.25) is 0 Å². The highest BCUT2D eigenvalue weighted by Crippen LogP contribution is 2.63. The third kappa shape index (κ3) is 2.10. The number of halogens is 1. The van der Waals surface area contributed by atoms with Crippen LogP contribution in [0.5, 0.6) is 0 Å². The van der Waals surface area contributed by atoms with Gasteiger partial charge in [0.1, 0.15) is 5.78 Å². The molecule has 0 radical (unpaired) electrons. The Morgan fingerprint density at radius 3 is 2.83 bits per heavy atom. The molecule has 0 aromatic carbocycles. The predicted molar refractivity (Wildman–Crippen MR) is 94.2 cm³/mol. The fourth-order valence-corrected chi connectivity index (χ4v) is 6.17. The second-order valence-electron chi connectivity index (χ2n) is 8.24. The van der Waals surface area contributed by atoms with Crippen LogP contribution in [0.1, 0.15) is 51.9 Å². The number of fused-ring (bicyclic) bond motifs is 5. The van der Waals surface area contributed by atoms with Gasteiger partial charge in [-0.05, 0) is 66.7 Å². The van der Waals surface area contributed by atoms with Crippen LogP contribution in [0.3, 0.4) is 0 Å². The Kier molecular flexibility index (Phi) is 3.77. The average Bonchev–Trinajstić information content (AvgIpc) is 2.88. The van der Waals surface area contributed by atoms with Gasteiger partial charge in [0.25, 0.3) is 0 Å². The summed E-state index contributed by atoms with van der Waals surface area (Å²) in [6.07, 6.45) is 12.2. The molecule has 0 amide bonds. The highest BCUT2D eigenvalue weighted by molar-refractivity contribution is 6.30. The number of carbonyl (C=O) groups is 2. The molecule has 0 unspecified atom stereocenters. The summed E-state index contributed by atoms with van der Waals surface area (Å²) < 4.78 is 0. The van der Waals surface area contributed by atoms with Crippen LogP contribution in [0.2, 0.25) is 0 Å². The molecular formula is C21H23ClO2. The minimum absolute atomic E-state index is 0.0534. The van der Waals surface area contributed by atoms with E-state index in [1.165, 1.54) is 0 Å². The molecule has 0 aliphatic heterocycles. The number of hydrogen-bond donors (Lipinski definition) is 0. The molecule has 4 aliphatic rings. The van der Waals surface area contributed by atoms with E-state index in [-0.39, 0.29) is 16.6 Å². The van der Waals surface area contributed by atoms with Gasteiger partial charge in [-0.1, -0.05) is 25.0 Å². The van der Waals surface area contributed by atoms with Crippen molar-refractivity contribution in [2.24, 2.45) is 28.6 Å². The Labute approximate surface area is 148 Å². The van der Waals surface area contributed by atoms with Crippen LogP contribution in [0, 0.1) is 39.9 Å². The molecule has 0 heterocycles. The van der Waals surface area contributed by atoms with Crippen LogP contribution < -0.4 is 0 Å². The van der Waals surface area contributed by atoms with Crippen LogP contribution in [-0.2, 0) is 9.59 Å². The molecule has 2 saturated carbocycles. The average molecular weight is 343 g/mol. The highest BCUT2D eigenvalue weighted by atomic mass is 35.5. The largest absolute Gasteiger partial charge is 0.299 e. The lowest BCUT2D eigenvalue weighted by atomic mass is 9.48. The van der Waals surface area contributed by atoms with Gasteiger partial charge in [-0.2, -0.15) is 0 Å². The maximum absolute atomic E-state index is 12.5. The van der Waals surface area contributed by atoms with E-state index < -0.39 is 0 Å². The number of rotatable bonds is 1. The molecule has 5 atom stereocenters. The molecule has 0 N–H and O–H groups in total. The first-order chi connectivity index (χ1) is 11.5. The summed E-state index contributed by atoms with van der Waals surface area (Å²) in [5.41, 5.74) is 0.950. The van der Waals surface area contributed by atoms with Gasteiger partial charge < -0.3 is 0 Å². The first-order valence-corrected chi connectivity index (χ1v) is 9.44. The topological polar surface area (TPSA) is 34.1 Å². The first-order valence-electron chi connectivity index (χ1n) is 9.06. The van der Waals surface area contributed by atoms with Gasteiger partial charge in [0.15, 0.2) is 5.78 Å². The van der Waals surface area contributed by atoms with Gasteiger partial charge in [-0.15, -0.1) is 0 Å². The smallest absolute Gasteiger partial charge is 0.156 e. The number of hydrogen-bond acceptors (Lipinski definition) is 2. The van der Waals surface area contributed by atoms with E-state index in [4.69, 9.17) is 11.6 Å². The lowest BCUT2D eigenvalue weighted by Gasteiger charge is -2.55. The van der Waals surface area contributed by atoms with Crippen molar-refractivity contribution in [3.63, 3.8) is 0 Å². The van der Waals surface area contributed by atoms with E-state index >= 15 is 0 Å². The second kappa shape index (κ2) is 5.60. The minimum atomic E-state index is -0.142. The van der Waals surface area contributed by atoms with Crippen molar-refractivity contribution in [1.82, 2.24) is 0 Å². The van der Waals surface area contributed by atoms with E-state index in [0.717, 1.165) is 44.1 Å². The van der Waals surface area contributed by atoms with Crippen LogP contribution in [0.4, 0.5) is 0 Å². The lowest BCUT2D eigenvalue weighted by Crippen LogP contribution is -2.50. The van der Waals surface area contributed by atoms with Crippen molar-refractivity contribution in [2.75, 3.05) is 0 Å². The van der Waals surface area contributed by atoms with Crippen molar-refractivity contribution in [2.45, 2.75) is 51.9 Å². The van der Waals surface area contributed by atoms with Crippen molar-refractivity contribution < 1.29 is 9.59 Å². The van der Waals surface area contributed by atoms with Crippen molar-refractivity contribution in [3.8, 4) is 11.3 Å². The van der Waals surface area contributed by atoms with E-state index in [1.54, 1.807) is 0 Å². The SMILES string of the molecule is C[C@]12CC[C@H]3[C@@H](C=CC4=CC(=O)CC[C@@]43CC#CCl)[C@@H]1CCC2=O. The fourth-order valence-electron chi connectivity index (χ4n) is 6.10. The van der Waals surface area contributed by atoms with Crippen LogP contribution >= 0.6 is 11.6 Å². The van der Waals surface area contributed by atoms with E-state index in [0.29, 0.717) is 30.0 Å². The Bertz CT molecular complexity index is 722.